The summed E-state index contributed by atoms with van der Waals surface area (Å²) in [6.07, 6.45) is 0. The third kappa shape index (κ3) is 1.44. The van der Waals surface area contributed by atoms with Gasteiger partial charge in [-0.15, -0.1) is 0 Å². The van der Waals surface area contributed by atoms with Crippen LogP contribution in [0.2, 0.25) is 0 Å². The van der Waals surface area contributed by atoms with Gasteiger partial charge in [0.25, 0.3) is 0 Å². The molecule has 1 saturated heterocycles. The number of anilines is 1. The minimum atomic E-state index is 0.825. The van der Waals surface area contributed by atoms with Crippen molar-refractivity contribution in [3.8, 4) is 0 Å². The van der Waals surface area contributed by atoms with E-state index in [1.54, 1.807) is 0 Å². The zero-order chi connectivity index (χ0) is 10.4. The van der Waals surface area contributed by atoms with E-state index in [9.17, 15) is 0 Å². The molecule has 15 heavy (non-hydrogen) atoms. The normalized spacial score (nSPS) is 32.9. The van der Waals surface area contributed by atoms with Crippen LogP contribution in [-0.2, 0) is 0 Å². The van der Waals surface area contributed by atoms with E-state index >= 15 is 0 Å². The van der Waals surface area contributed by atoms with Crippen LogP contribution in [0.1, 0.15) is 5.56 Å². The molecule has 1 aliphatic heterocycles. The Morgan fingerprint density at radius 3 is 2.67 bits per heavy atom. The van der Waals surface area contributed by atoms with Crippen LogP contribution in [0.4, 0.5) is 5.69 Å². The summed E-state index contributed by atoms with van der Waals surface area (Å²) in [4.78, 5) is 2.51. The number of aryl methyl sites for hydroxylation is 1. The average molecular weight is 202 g/mol. The Morgan fingerprint density at radius 2 is 2.07 bits per heavy atom. The summed E-state index contributed by atoms with van der Waals surface area (Å²) in [5.74, 6) is 2.59. The maximum atomic E-state index is 5.71. The molecular formula is C13H18N2. The van der Waals surface area contributed by atoms with Gasteiger partial charge in [0, 0.05) is 18.8 Å². The average Bonchev–Trinajstić information content (AvgIpc) is 2.70. The fourth-order valence-electron chi connectivity index (χ4n) is 3.03. The van der Waals surface area contributed by atoms with Crippen molar-refractivity contribution in [3.05, 3.63) is 29.8 Å². The summed E-state index contributed by atoms with van der Waals surface area (Å²) in [6, 6.07) is 8.80. The van der Waals surface area contributed by atoms with E-state index in [0.29, 0.717) is 0 Å². The van der Waals surface area contributed by atoms with E-state index in [0.717, 1.165) is 24.3 Å². The lowest BCUT2D eigenvalue weighted by atomic mass is 10.2. The van der Waals surface area contributed by atoms with Gasteiger partial charge in [0.05, 0.1) is 0 Å². The standard InChI is InChI=1S/C13H18N2/c1-9-3-2-4-10(5-9)15-7-12-11(6-14)13(12)8-15/h2-5,11-13H,6-8,14H2,1H3. The van der Waals surface area contributed by atoms with Gasteiger partial charge >= 0.3 is 0 Å². The maximum absolute atomic E-state index is 5.71. The molecule has 0 aromatic heterocycles. The molecule has 2 heteroatoms. The van der Waals surface area contributed by atoms with E-state index < -0.39 is 0 Å². The van der Waals surface area contributed by atoms with Gasteiger partial charge in [0.1, 0.15) is 0 Å². The van der Waals surface area contributed by atoms with E-state index in [1.165, 1.54) is 24.3 Å². The molecule has 1 aromatic rings. The molecule has 2 fully saturated rings. The number of rotatable bonds is 2. The van der Waals surface area contributed by atoms with Crippen molar-refractivity contribution in [1.29, 1.82) is 0 Å². The van der Waals surface area contributed by atoms with Gasteiger partial charge in [-0.2, -0.15) is 0 Å². The van der Waals surface area contributed by atoms with Crippen LogP contribution >= 0.6 is 0 Å². The van der Waals surface area contributed by atoms with Crippen molar-refractivity contribution >= 4 is 5.69 Å². The fraction of sp³-hybridized carbons (Fsp3) is 0.538. The van der Waals surface area contributed by atoms with Gasteiger partial charge in [-0.05, 0) is 48.9 Å². The molecule has 2 N–H and O–H groups in total. The minimum absolute atomic E-state index is 0.825. The van der Waals surface area contributed by atoms with Gasteiger partial charge in [0.2, 0.25) is 0 Å². The topological polar surface area (TPSA) is 29.3 Å². The van der Waals surface area contributed by atoms with Crippen LogP contribution in [0.5, 0.6) is 0 Å². The van der Waals surface area contributed by atoms with E-state index in [4.69, 9.17) is 5.73 Å². The Balaban J connectivity index is 1.72. The minimum Gasteiger partial charge on any atom is -0.371 e. The molecule has 1 saturated carbocycles. The molecule has 0 bridgehead atoms. The van der Waals surface area contributed by atoms with Gasteiger partial charge in [-0.25, -0.2) is 0 Å². The lowest BCUT2D eigenvalue weighted by Crippen LogP contribution is -2.25. The SMILES string of the molecule is Cc1cccc(N2CC3C(CN)C3C2)c1. The second kappa shape index (κ2) is 3.24. The lowest BCUT2D eigenvalue weighted by molar-refractivity contribution is 0.648. The van der Waals surface area contributed by atoms with E-state index in [1.807, 2.05) is 0 Å². The fourth-order valence-corrected chi connectivity index (χ4v) is 3.03. The molecule has 1 aliphatic carbocycles. The van der Waals surface area contributed by atoms with E-state index in [-0.39, 0.29) is 0 Å². The van der Waals surface area contributed by atoms with Crippen molar-refractivity contribution in [2.24, 2.45) is 23.5 Å². The van der Waals surface area contributed by atoms with Crippen molar-refractivity contribution in [1.82, 2.24) is 0 Å². The molecule has 2 nitrogen and oxygen atoms in total. The number of benzene rings is 1. The number of piperidine rings is 1. The van der Waals surface area contributed by atoms with Crippen LogP contribution in [0.15, 0.2) is 24.3 Å². The summed E-state index contributed by atoms with van der Waals surface area (Å²) in [6.45, 7) is 5.48. The molecule has 1 heterocycles. The molecule has 3 rings (SSSR count). The number of nitrogens with two attached hydrogens (primary N) is 1. The second-order valence-corrected chi connectivity index (χ2v) is 4.97. The molecule has 0 radical (unpaired) electrons. The number of hydrogen-bond donors (Lipinski definition) is 1. The monoisotopic (exact) mass is 202 g/mol. The Bertz CT molecular complexity index is 363. The highest BCUT2D eigenvalue weighted by Gasteiger charge is 2.54. The Morgan fingerprint density at radius 1 is 1.33 bits per heavy atom. The van der Waals surface area contributed by atoms with E-state index in [2.05, 4.69) is 36.1 Å². The third-order valence-electron chi connectivity index (χ3n) is 4.01. The highest BCUT2D eigenvalue weighted by molar-refractivity contribution is 5.50. The number of fused-ring (bicyclic) bond motifs is 1. The smallest absolute Gasteiger partial charge is 0.0369 e. The molecule has 0 spiro atoms. The first-order valence-corrected chi connectivity index (χ1v) is 5.81. The molecule has 1 aromatic carbocycles. The number of hydrogen-bond acceptors (Lipinski definition) is 2. The summed E-state index contributed by atoms with van der Waals surface area (Å²) in [7, 11) is 0. The quantitative estimate of drug-likeness (QED) is 0.790. The van der Waals surface area contributed by atoms with Crippen molar-refractivity contribution < 1.29 is 0 Å². The lowest BCUT2D eigenvalue weighted by Gasteiger charge is -2.22. The molecule has 80 valence electrons. The zero-order valence-corrected chi connectivity index (χ0v) is 9.19. The highest BCUT2D eigenvalue weighted by Crippen LogP contribution is 2.51. The Labute approximate surface area is 91.1 Å². The van der Waals surface area contributed by atoms with Gasteiger partial charge in [-0.3, -0.25) is 0 Å². The first-order valence-electron chi connectivity index (χ1n) is 5.81. The molecular weight excluding hydrogens is 184 g/mol. The molecule has 0 amide bonds. The van der Waals surface area contributed by atoms with Crippen LogP contribution in [0.25, 0.3) is 0 Å². The maximum Gasteiger partial charge on any atom is 0.0369 e. The van der Waals surface area contributed by atoms with Crippen molar-refractivity contribution in [2.45, 2.75) is 6.92 Å². The van der Waals surface area contributed by atoms with Gasteiger partial charge < -0.3 is 10.6 Å². The summed E-state index contributed by atoms with van der Waals surface area (Å²) < 4.78 is 0. The van der Waals surface area contributed by atoms with Crippen LogP contribution in [-0.4, -0.2) is 19.6 Å². The first kappa shape index (κ1) is 9.22. The Kier molecular flexibility index (Phi) is 1.99. The second-order valence-electron chi connectivity index (χ2n) is 4.97. The Hall–Kier alpha value is -1.02. The largest absolute Gasteiger partial charge is 0.371 e. The number of nitrogens with zero attached hydrogens (tertiary/aromatic N) is 1. The molecule has 2 aliphatic rings. The van der Waals surface area contributed by atoms with Crippen LogP contribution in [0.3, 0.4) is 0 Å². The highest BCUT2D eigenvalue weighted by atomic mass is 15.2. The summed E-state index contributed by atoms with van der Waals surface area (Å²) >= 11 is 0. The molecule has 2 unspecified atom stereocenters. The van der Waals surface area contributed by atoms with Crippen LogP contribution in [0, 0.1) is 24.7 Å². The van der Waals surface area contributed by atoms with Gasteiger partial charge in [-0.1, -0.05) is 12.1 Å². The third-order valence-corrected chi connectivity index (χ3v) is 4.01. The predicted molar refractivity (Wildman–Crippen MR) is 62.9 cm³/mol. The van der Waals surface area contributed by atoms with Crippen molar-refractivity contribution in [3.63, 3.8) is 0 Å². The first-order chi connectivity index (χ1) is 7.29. The molecule has 2 atom stereocenters. The summed E-state index contributed by atoms with van der Waals surface area (Å²) in [5, 5.41) is 0. The zero-order valence-electron chi connectivity index (χ0n) is 9.19. The van der Waals surface area contributed by atoms with Crippen LogP contribution < -0.4 is 10.6 Å². The van der Waals surface area contributed by atoms with Crippen molar-refractivity contribution in [2.75, 3.05) is 24.5 Å². The summed E-state index contributed by atoms with van der Waals surface area (Å²) in [5.41, 5.74) is 8.45. The predicted octanol–water partition coefficient (Wildman–Crippen LogP) is 1.64. The van der Waals surface area contributed by atoms with Gasteiger partial charge in [0.15, 0.2) is 0 Å².